The van der Waals surface area contributed by atoms with Crippen LogP contribution in [0, 0.1) is 0 Å². The summed E-state index contributed by atoms with van der Waals surface area (Å²) in [6.07, 6.45) is -3.30. The van der Waals surface area contributed by atoms with Crippen LogP contribution in [0.5, 0.6) is 0 Å². The van der Waals surface area contributed by atoms with Gasteiger partial charge in [0.2, 0.25) is 0 Å². The van der Waals surface area contributed by atoms with Crippen LogP contribution in [0.1, 0.15) is 5.56 Å². The zero-order valence-electron chi connectivity index (χ0n) is 8.65. The van der Waals surface area contributed by atoms with Crippen LogP contribution in [0.3, 0.4) is 0 Å². The lowest BCUT2D eigenvalue weighted by Gasteiger charge is -2.27. The smallest absolute Gasteiger partial charge is 0.172 e. The lowest BCUT2D eigenvalue weighted by Crippen LogP contribution is -2.48. The maximum absolute atomic E-state index is 9.86. The minimum Gasteiger partial charge on any atom is -0.394 e. The van der Waals surface area contributed by atoms with Crippen LogP contribution in [-0.2, 0) is 10.5 Å². The van der Waals surface area contributed by atoms with Gasteiger partial charge in [0.1, 0.15) is 18.3 Å². The molecule has 1 saturated heterocycles. The predicted octanol–water partition coefficient (Wildman–Crippen LogP) is -1.09. The van der Waals surface area contributed by atoms with E-state index in [4.69, 9.17) is 15.6 Å². The molecule has 0 aromatic heterocycles. The maximum atomic E-state index is 9.86. The second-order valence-electron chi connectivity index (χ2n) is 3.93. The summed E-state index contributed by atoms with van der Waals surface area (Å²) < 4.78 is 5.34. The summed E-state index contributed by atoms with van der Waals surface area (Å²) in [7, 11) is 0. The average molecular weight is 225 g/mol. The Morgan fingerprint density at radius 3 is 2.38 bits per heavy atom. The molecule has 5 heteroatoms. The van der Waals surface area contributed by atoms with Crippen molar-refractivity contribution in [2.24, 2.45) is 5.73 Å². The standard InChI is InChI=1S/C11H15NO4/c12-11(7-4-2-1-3-5-7)10(15)9(14)8(6-13)16-11/h1-5,8-10,13-15H,6,12H2/t8-,9-,10-,11?/m1/s1. The van der Waals surface area contributed by atoms with Crippen LogP contribution in [0.15, 0.2) is 30.3 Å². The fourth-order valence-corrected chi connectivity index (χ4v) is 1.93. The van der Waals surface area contributed by atoms with Gasteiger partial charge >= 0.3 is 0 Å². The molecule has 0 aliphatic carbocycles. The number of aliphatic hydroxyl groups is 3. The van der Waals surface area contributed by atoms with Gasteiger partial charge in [0.25, 0.3) is 0 Å². The van der Waals surface area contributed by atoms with Crippen LogP contribution >= 0.6 is 0 Å². The normalized spacial score (nSPS) is 38.9. The molecule has 0 saturated carbocycles. The number of ether oxygens (including phenoxy) is 1. The van der Waals surface area contributed by atoms with Crippen molar-refractivity contribution < 1.29 is 20.1 Å². The van der Waals surface area contributed by atoms with Crippen molar-refractivity contribution >= 4 is 0 Å². The van der Waals surface area contributed by atoms with Crippen molar-refractivity contribution in [2.45, 2.75) is 24.0 Å². The SMILES string of the molecule is NC1(c2ccccc2)O[C@H](CO)[C@@H](O)[C@H]1O. The highest BCUT2D eigenvalue weighted by Gasteiger charge is 2.52. The lowest BCUT2D eigenvalue weighted by atomic mass is 9.96. The topological polar surface area (TPSA) is 95.9 Å². The molecule has 4 atom stereocenters. The second kappa shape index (κ2) is 4.12. The van der Waals surface area contributed by atoms with E-state index in [0.29, 0.717) is 5.56 Å². The number of aliphatic hydroxyl groups excluding tert-OH is 3. The number of nitrogens with two attached hydrogens (primary N) is 1. The highest BCUT2D eigenvalue weighted by molar-refractivity contribution is 5.25. The van der Waals surface area contributed by atoms with Gasteiger partial charge in [0.15, 0.2) is 5.72 Å². The lowest BCUT2D eigenvalue weighted by molar-refractivity contribution is -0.0942. The van der Waals surface area contributed by atoms with Gasteiger partial charge in [-0.2, -0.15) is 0 Å². The van der Waals surface area contributed by atoms with E-state index in [9.17, 15) is 10.2 Å². The first-order chi connectivity index (χ1) is 7.59. The molecular weight excluding hydrogens is 210 g/mol. The molecule has 0 bridgehead atoms. The first-order valence-corrected chi connectivity index (χ1v) is 5.09. The molecule has 1 aliphatic heterocycles. The number of rotatable bonds is 2. The van der Waals surface area contributed by atoms with Crippen molar-refractivity contribution in [2.75, 3.05) is 6.61 Å². The number of hydrogen-bond acceptors (Lipinski definition) is 5. The van der Waals surface area contributed by atoms with E-state index in [1.165, 1.54) is 0 Å². The highest BCUT2D eigenvalue weighted by atomic mass is 16.6. The molecule has 1 aliphatic rings. The van der Waals surface area contributed by atoms with Crippen molar-refractivity contribution in [1.29, 1.82) is 0 Å². The molecule has 1 aromatic rings. The minimum absolute atomic E-state index is 0.385. The van der Waals surface area contributed by atoms with Crippen molar-refractivity contribution in [3.05, 3.63) is 35.9 Å². The van der Waals surface area contributed by atoms with E-state index in [0.717, 1.165) is 0 Å². The first-order valence-electron chi connectivity index (χ1n) is 5.09. The van der Waals surface area contributed by atoms with Crippen molar-refractivity contribution in [1.82, 2.24) is 0 Å². The maximum Gasteiger partial charge on any atom is 0.172 e. The molecular formula is C11H15NO4. The quantitative estimate of drug-likeness (QED) is 0.513. The zero-order valence-corrected chi connectivity index (χ0v) is 8.65. The van der Waals surface area contributed by atoms with Gasteiger partial charge < -0.3 is 20.1 Å². The third kappa shape index (κ3) is 1.63. The average Bonchev–Trinajstić information content (AvgIpc) is 2.56. The zero-order chi connectivity index (χ0) is 11.8. The summed E-state index contributed by atoms with van der Waals surface area (Å²) in [5, 5.41) is 28.5. The molecule has 1 unspecified atom stereocenters. The summed E-state index contributed by atoms with van der Waals surface area (Å²) in [5.74, 6) is 0. The Morgan fingerprint density at radius 2 is 1.88 bits per heavy atom. The van der Waals surface area contributed by atoms with Gasteiger partial charge in [-0.05, 0) is 0 Å². The third-order valence-corrected chi connectivity index (χ3v) is 2.90. The molecule has 1 fully saturated rings. The Labute approximate surface area is 93.1 Å². The van der Waals surface area contributed by atoms with Gasteiger partial charge in [-0.15, -0.1) is 0 Å². The molecule has 5 N–H and O–H groups in total. The van der Waals surface area contributed by atoms with Crippen LogP contribution < -0.4 is 5.73 Å². The summed E-state index contributed by atoms with van der Waals surface area (Å²) in [6, 6.07) is 8.75. The number of hydrogen-bond donors (Lipinski definition) is 4. The van der Waals surface area contributed by atoms with Crippen LogP contribution in [-0.4, -0.2) is 40.2 Å². The molecule has 16 heavy (non-hydrogen) atoms. The Hall–Kier alpha value is -0.980. The van der Waals surface area contributed by atoms with E-state index in [-0.39, 0.29) is 6.61 Å². The van der Waals surface area contributed by atoms with E-state index in [1.807, 2.05) is 6.07 Å². The van der Waals surface area contributed by atoms with Gasteiger partial charge in [-0.1, -0.05) is 30.3 Å². The monoisotopic (exact) mass is 225 g/mol. The van der Waals surface area contributed by atoms with Crippen LogP contribution in [0.2, 0.25) is 0 Å². The molecule has 1 heterocycles. The summed E-state index contributed by atoms with van der Waals surface area (Å²) in [6.45, 7) is -0.385. The van der Waals surface area contributed by atoms with E-state index in [2.05, 4.69) is 0 Å². The Balaban J connectivity index is 2.33. The van der Waals surface area contributed by atoms with E-state index < -0.39 is 24.0 Å². The number of benzene rings is 1. The molecule has 5 nitrogen and oxygen atoms in total. The van der Waals surface area contributed by atoms with Crippen LogP contribution in [0.4, 0.5) is 0 Å². The Kier molecular flexibility index (Phi) is 2.96. The molecule has 0 spiro atoms. The van der Waals surface area contributed by atoms with E-state index in [1.54, 1.807) is 24.3 Å². The summed E-state index contributed by atoms with van der Waals surface area (Å²) in [4.78, 5) is 0. The fourth-order valence-electron chi connectivity index (χ4n) is 1.93. The third-order valence-electron chi connectivity index (χ3n) is 2.90. The molecule has 0 amide bonds. The summed E-state index contributed by atoms with van der Waals surface area (Å²) in [5.41, 5.74) is 5.04. The first kappa shape index (κ1) is 11.5. The Bertz CT molecular complexity index is 358. The largest absolute Gasteiger partial charge is 0.394 e. The van der Waals surface area contributed by atoms with Gasteiger partial charge in [0, 0.05) is 5.56 Å². The van der Waals surface area contributed by atoms with Crippen LogP contribution in [0.25, 0.3) is 0 Å². The van der Waals surface area contributed by atoms with Gasteiger partial charge in [-0.3, -0.25) is 5.73 Å². The Morgan fingerprint density at radius 1 is 1.25 bits per heavy atom. The van der Waals surface area contributed by atoms with Crippen molar-refractivity contribution in [3.8, 4) is 0 Å². The second-order valence-corrected chi connectivity index (χ2v) is 3.93. The molecule has 1 aromatic carbocycles. The van der Waals surface area contributed by atoms with E-state index >= 15 is 0 Å². The van der Waals surface area contributed by atoms with Crippen molar-refractivity contribution in [3.63, 3.8) is 0 Å². The fraction of sp³-hybridized carbons (Fsp3) is 0.455. The molecule has 0 radical (unpaired) electrons. The molecule has 2 rings (SSSR count). The predicted molar refractivity (Wildman–Crippen MR) is 56.3 cm³/mol. The highest BCUT2D eigenvalue weighted by Crippen LogP contribution is 2.35. The van der Waals surface area contributed by atoms with Gasteiger partial charge in [-0.25, -0.2) is 0 Å². The molecule has 88 valence electrons. The van der Waals surface area contributed by atoms with Gasteiger partial charge in [0.05, 0.1) is 6.61 Å². The minimum atomic E-state index is -1.46. The summed E-state index contributed by atoms with van der Waals surface area (Å²) >= 11 is 0.